The zero-order valence-corrected chi connectivity index (χ0v) is 17.8. The Hall–Kier alpha value is -1.35. The molecule has 1 N–H and O–H groups in total. The van der Waals surface area contributed by atoms with Crippen LogP contribution in [0.25, 0.3) is 0 Å². The Morgan fingerprint density at radius 3 is 2.32 bits per heavy atom. The number of anilines is 1. The molecule has 1 saturated heterocycles. The van der Waals surface area contributed by atoms with Crippen molar-refractivity contribution in [2.75, 3.05) is 38.0 Å². The van der Waals surface area contributed by atoms with Gasteiger partial charge in [-0.3, -0.25) is 9.69 Å². The van der Waals surface area contributed by atoms with Crippen molar-refractivity contribution >= 4 is 56.4 Å². The number of hydrogen-bond donors (Lipinski definition) is 1. The lowest BCUT2D eigenvalue weighted by Crippen LogP contribution is -2.50. The molecule has 1 heterocycles. The fourth-order valence-electron chi connectivity index (χ4n) is 2.90. The first-order chi connectivity index (χ1) is 13.3. The smallest absolute Gasteiger partial charge is 0.244 e. The highest BCUT2D eigenvalue weighted by atomic mass is 35.5. The second kappa shape index (κ2) is 8.98. The Labute approximate surface area is 179 Å². The normalized spacial score (nSPS) is 16.1. The van der Waals surface area contributed by atoms with Gasteiger partial charge in [0.15, 0.2) is 0 Å². The van der Waals surface area contributed by atoms with E-state index in [1.807, 2.05) is 4.90 Å². The number of nitrogens with zero attached hydrogens (tertiary/aromatic N) is 2. The summed E-state index contributed by atoms with van der Waals surface area (Å²) in [5, 5.41) is 3.66. The van der Waals surface area contributed by atoms with Gasteiger partial charge in [-0.25, -0.2) is 8.42 Å². The molecule has 0 aromatic heterocycles. The molecule has 0 aliphatic carbocycles. The molecule has 2 aromatic carbocycles. The van der Waals surface area contributed by atoms with E-state index in [4.69, 9.17) is 34.8 Å². The van der Waals surface area contributed by atoms with Crippen LogP contribution >= 0.6 is 34.8 Å². The first kappa shape index (κ1) is 21.4. The van der Waals surface area contributed by atoms with Crippen LogP contribution in [-0.4, -0.2) is 56.3 Å². The van der Waals surface area contributed by atoms with Crippen molar-refractivity contribution in [1.82, 2.24) is 9.21 Å². The highest BCUT2D eigenvalue weighted by Gasteiger charge is 2.30. The predicted octanol–water partition coefficient (Wildman–Crippen LogP) is 3.59. The summed E-state index contributed by atoms with van der Waals surface area (Å²) >= 11 is 18.0. The van der Waals surface area contributed by atoms with E-state index in [2.05, 4.69) is 5.32 Å². The maximum absolute atomic E-state index is 12.8. The molecule has 0 bridgehead atoms. The van der Waals surface area contributed by atoms with Crippen molar-refractivity contribution < 1.29 is 13.2 Å². The van der Waals surface area contributed by atoms with Gasteiger partial charge < -0.3 is 5.32 Å². The minimum Gasteiger partial charge on any atom is -0.324 e. The van der Waals surface area contributed by atoms with Crippen molar-refractivity contribution in [2.24, 2.45) is 0 Å². The molecule has 1 amide bonds. The summed E-state index contributed by atoms with van der Waals surface area (Å²) < 4.78 is 27.0. The van der Waals surface area contributed by atoms with E-state index in [0.29, 0.717) is 28.8 Å². The number of rotatable bonds is 5. The summed E-state index contributed by atoms with van der Waals surface area (Å²) in [4.78, 5) is 14.1. The largest absolute Gasteiger partial charge is 0.324 e. The van der Waals surface area contributed by atoms with E-state index in [0.717, 1.165) is 0 Å². The fraction of sp³-hybridized carbons (Fsp3) is 0.278. The third kappa shape index (κ3) is 4.97. The molecule has 1 aliphatic rings. The standard InChI is InChI=1S/C18H18Cl3N3O3S/c19-13-5-6-15(21)17(11-13)28(26,27)24-9-7-23(8-10-24)12-18(25)22-16-4-2-1-3-14(16)20/h1-6,11H,7-10,12H2,(H,22,25). The van der Waals surface area contributed by atoms with Crippen LogP contribution in [0.15, 0.2) is 47.4 Å². The number of para-hydroxylation sites is 1. The predicted molar refractivity (Wildman–Crippen MR) is 112 cm³/mol. The van der Waals surface area contributed by atoms with Gasteiger partial charge in [0.05, 0.1) is 22.3 Å². The Kier molecular flexibility index (Phi) is 6.85. The molecule has 0 saturated carbocycles. The number of amides is 1. The van der Waals surface area contributed by atoms with Crippen LogP contribution in [0.3, 0.4) is 0 Å². The molecule has 6 nitrogen and oxygen atoms in total. The van der Waals surface area contributed by atoms with Crippen molar-refractivity contribution in [3.05, 3.63) is 57.5 Å². The molecule has 0 atom stereocenters. The number of piperazine rings is 1. The number of hydrogen-bond acceptors (Lipinski definition) is 4. The quantitative estimate of drug-likeness (QED) is 0.737. The minimum atomic E-state index is -3.75. The molecule has 0 radical (unpaired) electrons. The summed E-state index contributed by atoms with van der Waals surface area (Å²) in [5.41, 5.74) is 0.547. The average molecular weight is 463 g/mol. The Morgan fingerprint density at radius 2 is 1.64 bits per heavy atom. The van der Waals surface area contributed by atoms with E-state index < -0.39 is 10.0 Å². The van der Waals surface area contributed by atoms with E-state index in [1.54, 1.807) is 30.3 Å². The van der Waals surface area contributed by atoms with E-state index in [1.165, 1.54) is 16.4 Å². The van der Waals surface area contributed by atoms with Gasteiger partial charge in [-0.15, -0.1) is 0 Å². The number of benzene rings is 2. The first-order valence-electron chi connectivity index (χ1n) is 8.49. The van der Waals surface area contributed by atoms with Crippen LogP contribution in [0.1, 0.15) is 0 Å². The Morgan fingerprint density at radius 1 is 0.964 bits per heavy atom. The van der Waals surface area contributed by atoms with E-state index in [9.17, 15) is 13.2 Å². The first-order valence-corrected chi connectivity index (χ1v) is 11.1. The Balaban J connectivity index is 1.59. The number of sulfonamides is 1. The second-order valence-electron chi connectivity index (χ2n) is 6.28. The van der Waals surface area contributed by atoms with Gasteiger partial charge in [0.25, 0.3) is 0 Å². The summed E-state index contributed by atoms with van der Waals surface area (Å²) in [6.07, 6.45) is 0. The average Bonchev–Trinajstić information content (AvgIpc) is 2.66. The molecule has 3 rings (SSSR count). The monoisotopic (exact) mass is 461 g/mol. The maximum Gasteiger partial charge on any atom is 0.244 e. The van der Waals surface area contributed by atoms with Gasteiger partial charge in [0, 0.05) is 31.2 Å². The van der Waals surface area contributed by atoms with Crippen molar-refractivity contribution in [1.29, 1.82) is 0 Å². The van der Waals surface area contributed by atoms with Crippen molar-refractivity contribution in [3.8, 4) is 0 Å². The molecule has 0 spiro atoms. The molecular weight excluding hydrogens is 445 g/mol. The van der Waals surface area contributed by atoms with Crippen LogP contribution < -0.4 is 5.32 Å². The van der Waals surface area contributed by atoms with Gasteiger partial charge in [-0.2, -0.15) is 4.31 Å². The Bertz CT molecular complexity index is 977. The third-order valence-electron chi connectivity index (χ3n) is 4.36. The molecule has 0 unspecified atom stereocenters. The third-order valence-corrected chi connectivity index (χ3v) is 7.30. The maximum atomic E-state index is 12.8. The van der Waals surface area contributed by atoms with Crippen LogP contribution in [0.2, 0.25) is 15.1 Å². The van der Waals surface area contributed by atoms with Crippen LogP contribution in [-0.2, 0) is 14.8 Å². The summed E-state index contributed by atoms with van der Waals surface area (Å²) in [7, 11) is -3.75. The lowest BCUT2D eigenvalue weighted by atomic mass is 10.3. The molecule has 150 valence electrons. The molecule has 10 heteroatoms. The number of nitrogens with one attached hydrogen (secondary N) is 1. The summed E-state index contributed by atoms with van der Waals surface area (Å²) in [6.45, 7) is 1.51. The van der Waals surface area contributed by atoms with Gasteiger partial charge in [0.1, 0.15) is 4.90 Å². The molecule has 1 aliphatic heterocycles. The van der Waals surface area contributed by atoms with Crippen LogP contribution in [0, 0.1) is 0 Å². The summed E-state index contributed by atoms with van der Waals surface area (Å²) in [5.74, 6) is -0.206. The number of carbonyl (C=O) groups excluding carboxylic acids is 1. The highest BCUT2D eigenvalue weighted by molar-refractivity contribution is 7.89. The number of carbonyl (C=O) groups is 1. The van der Waals surface area contributed by atoms with Gasteiger partial charge >= 0.3 is 0 Å². The molecule has 1 fully saturated rings. The minimum absolute atomic E-state index is 0.00780. The van der Waals surface area contributed by atoms with Crippen LogP contribution in [0.4, 0.5) is 5.69 Å². The van der Waals surface area contributed by atoms with Crippen molar-refractivity contribution in [2.45, 2.75) is 4.90 Å². The molecule has 28 heavy (non-hydrogen) atoms. The zero-order chi connectivity index (χ0) is 20.3. The summed E-state index contributed by atoms with van der Waals surface area (Å²) in [6, 6.07) is 11.3. The molecular formula is C18H18Cl3N3O3S. The molecule has 2 aromatic rings. The van der Waals surface area contributed by atoms with Crippen LogP contribution in [0.5, 0.6) is 0 Å². The van der Waals surface area contributed by atoms with Crippen molar-refractivity contribution in [3.63, 3.8) is 0 Å². The topological polar surface area (TPSA) is 69.7 Å². The van der Waals surface area contributed by atoms with E-state index >= 15 is 0 Å². The van der Waals surface area contributed by atoms with Gasteiger partial charge in [0.2, 0.25) is 15.9 Å². The van der Waals surface area contributed by atoms with Gasteiger partial charge in [-0.05, 0) is 30.3 Å². The zero-order valence-electron chi connectivity index (χ0n) is 14.7. The lowest BCUT2D eigenvalue weighted by Gasteiger charge is -2.33. The highest BCUT2D eigenvalue weighted by Crippen LogP contribution is 2.28. The fourth-order valence-corrected chi connectivity index (χ4v) is 5.24. The van der Waals surface area contributed by atoms with E-state index in [-0.39, 0.29) is 35.5 Å². The second-order valence-corrected chi connectivity index (χ2v) is 9.44. The number of halogens is 3. The SMILES string of the molecule is O=C(CN1CCN(S(=O)(=O)c2cc(Cl)ccc2Cl)CC1)Nc1ccccc1Cl. The lowest BCUT2D eigenvalue weighted by molar-refractivity contribution is -0.117. The van der Waals surface area contributed by atoms with Gasteiger partial charge in [-0.1, -0.05) is 46.9 Å².